The van der Waals surface area contributed by atoms with Crippen molar-refractivity contribution >= 4 is 44.5 Å². The lowest BCUT2D eigenvalue weighted by Crippen LogP contribution is -2.25. The highest BCUT2D eigenvalue weighted by atomic mass is 32.1. The number of hydrogen-bond donors (Lipinski definition) is 3. The van der Waals surface area contributed by atoms with Crippen LogP contribution in [0.3, 0.4) is 0 Å². The summed E-state index contributed by atoms with van der Waals surface area (Å²) in [5, 5.41) is 17.0. The van der Waals surface area contributed by atoms with Crippen LogP contribution in [0.1, 0.15) is 29.3 Å². The third-order valence-corrected chi connectivity index (χ3v) is 5.32. The van der Waals surface area contributed by atoms with Gasteiger partial charge in [-0.1, -0.05) is 11.3 Å². The van der Waals surface area contributed by atoms with Crippen molar-refractivity contribution in [3.8, 4) is 5.75 Å². The van der Waals surface area contributed by atoms with Crippen LogP contribution in [-0.4, -0.2) is 41.0 Å². The molecule has 8 nitrogen and oxygen atoms in total. The molecular weight excluding hydrogens is 392 g/mol. The van der Waals surface area contributed by atoms with Crippen molar-refractivity contribution in [1.29, 1.82) is 5.41 Å². The standard InChI is InChI=1S/C20H20N4O4S/c1-2-24(10-9-17(25)26)20-23-15-8-5-13(11-16(15)29-20)19(27)28-14-6-3-12(4-7-14)18(21)22/h3-8,11H,2,9-10H2,1H3,(H3,21,22)(H,25,26). The number of carbonyl (C=O) groups is 2. The SMILES string of the molecule is CCN(CCC(=O)O)c1nc2ccc(C(=O)Oc3ccc(C(=N)N)cc3)cc2s1. The van der Waals surface area contributed by atoms with Crippen LogP contribution < -0.4 is 15.4 Å². The number of carboxylic acid groups (broad SMARTS) is 1. The third kappa shape index (κ3) is 4.88. The second kappa shape index (κ2) is 8.70. The molecule has 0 radical (unpaired) electrons. The molecule has 29 heavy (non-hydrogen) atoms. The molecule has 0 aliphatic heterocycles. The fourth-order valence-electron chi connectivity index (χ4n) is 2.66. The number of carbonyl (C=O) groups excluding carboxylic acids is 1. The molecule has 4 N–H and O–H groups in total. The molecular formula is C20H20N4O4S. The van der Waals surface area contributed by atoms with Crippen LogP contribution in [0, 0.1) is 5.41 Å². The molecule has 1 aromatic heterocycles. The first-order valence-corrected chi connectivity index (χ1v) is 9.73. The number of nitrogens with two attached hydrogens (primary N) is 1. The maximum absolute atomic E-state index is 12.5. The molecule has 0 spiro atoms. The van der Waals surface area contributed by atoms with Gasteiger partial charge >= 0.3 is 11.9 Å². The van der Waals surface area contributed by atoms with E-state index in [2.05, 4.69) is 4.98 Å². The number of esters is 1. The first-order chi connectivity index (χ1) is 13.9. The van der Waals surface area contributed by atoms with Crippen LogP contribution in [-0.2, 0) is 4.79 Å². The number of benzene rings is 2. The second-order valence-corrected chi connectivity index (χ2v) is 7.24. The number of nitrogen functional groups attached to an aromatic ring is 1. The molecule has 0 unspecified atom stereocenters. The highest BCUT2D eigenvalue weighted by molar-refractivity contribution is 7.22. The van der Waals surface area contributed by atoms with Crippen molar-refractivity contribution in [2.45, 2.75) is 13.3 Å². The monoisotopic (exact) mass is 412 g/mol. The Labute approximate surface area is 171 Å². The van der Waals surface area contributed by atoms with E-state index in [0.29, 0.717) is 35.1 Å². The van der Waals surface area contributed by atoms with E-state index in [0.717, 1.165) is 10.2 Å². The largest absolute Gasteiger partial charge is 0.481 e. The third-order valence-electron chi connectivity index (χ3n) is 4.24. The van der Waals surface area contributed by atoms with E-state index >= 15 is 0 Å². The summed E-state index contributed by atoms with van der Waals surface area (Å²) in [6.07, 6.45) is 0.0315. The number of fused-ring (bicyclic) bond motifs is 1. The van der Waals surface area contributed by atoms with E-state index in [-0.39, 0.29) is 12.3 Å². The van der Waals surface area contributed by atoms with Gasteiger partial charge in [0, 0.05) is 18.7 Å². The van der Waals surface area contributed by atoms with Gasteiger partial charge in [0.25, 0.3) is 0 Å². The zero-order valence-electron chi connectivity index (χ0n) is 15.7. The smallest absolute Gasteiger partial charge is 0.343 e. The molecule has 3 aromatic rings. The number of nitrogens with one attached hydrogen (secondary N) is 1. The normalized spacial score (nSPS) is 10.7. The number of carboxylic acids is 1. The number of ether oxygens (including phenoxy) is 1. The van der Waals surface area contributed by atoms with Crippen LogP contribution >= 0.6 is 11.3 Å². The van der Waals surface area contributed by atoms with E-state index in [4.69, 9.17) is 21.0 Å². The number of amidine groups is 1. The van der Waals surface area contributed by atoms with Gasteiger partial charge in [-0.25, -0.2) is 9.78 Å². The number of anilines is 1. The number of nitrogens with zero attached hydrogens (tertiary/aromatic N) is 2. The van der Waals surface area contributed by atoms with Gasteiger partial charge in [-0.05, 0) is 49.4 Å². The van der Waals surface area contributed by atoms with Crippen molar-refractivity contribution in [3.05, 3.63) is 53.6 Å². The Morgan fingerprint density at radius 3 is 2.52 bits per heavy atom. The Morgan fingerprint density at radius 1 is 1.21 bits per heavy atom. The lowest BCUT2D eigenvalue weighted by Gasteiger charge is -2.18. The number of aromatic nitrogens is 1. The Bertz CT molecular complexity index is 1060. The summed E-state index contributed by atoms with van der Waals surface area (Å²) in [5.41, 5.74) is 7.09. The van der Waals surface area contributed by atoms with E-state index < -0.39 is 11.9 Å². The lowest BCUT2D eigenvalue weighted by molar-refractivity contribution is -0.136. The van der Waals surface area contributed by atoms with E-state index in [1.807, 2.05) is 11.8 Å². The van der Waals surface area contributed by atoms with Crippen LogP contribution in [0.15, 0.2) is 42.5 Å². The van der Waals surface area contributed by atoms with Crippen molar-refractivity contribution in [2.24, 2.45) is 5.73 Å². The fourth-order valence-corrected chi connectivity index (χ4v) is 3.76. The van der Waals surface area contributed by atoms with Crippen LogP contribution in [0.4, 0.5) is 5.13 Å². The summed E-state index contributed by atoms with van der Waals surface area (Å²) >= 11 is 1.40. The summed E-state index contributed by atoms with van der Waals surface area (Å²) in [5.74, 6) is -1.06. The molecule has 150 valence electrons. The minimum absolute atomic E-state index is 0.0315. The van der Waals surface area contributed by atoms with Gasteiger partial charge in [-0.2, -0.15) is 0 Å². The summed E-state index contributed by atoms with van der Waals surface area (Å²) in [7, 11) is 0. The highest BCUT2D eigenvalue weighted by Gasteiger charge is 2.15. The average molecular weight is 412 g/mol. The summed E-state index contributed by atoms with van der Waals surface area (Å²) in [4.78, 5) is 29.7. The molecule has 0 aliphatic rings. The fraction of sp³-hybridized carbons (Fsp3) is 0.200. The van der Waals surface area contributed by atoms with Gasteiger partial charge in [-0.3, -0.25) is 10.2 Å². The Balaban J connectivity index is 1.77. The predicted octanol–water partition coefficient (Wildman–Crippen LogP) is 3.10. The molecule has 0 saturated carbocycles. The topological polar surface area (TPSA) is 130 Å². The number of hydrogen-bond acceptors (Lipinski definition) is 7. The summed E-state index contributed by atoms with van der Waals surface area (Å²) in [6.45, 7) is 2.95. The van der Waals surface area contributed by atoms with E-state index in [1.54, 1.807) is 42.5 Å². The Hall–Kier alpha value is -3.46. The average Bonchev–Trinajstić information content (AvgIpc) is 3.11. The zero-order chi connectivity index (χ0) is 21.0. The molecule has 3 rings (SSSR count). The molecule has 0 aliphatic carbocycles. The summed E-state index contributed by atoms with van der Waals surface area (Å²) < 4.78 is 6.20. The van der Waals surface area contributed by atoms with Crippen molar-refractivity contribution in [3.63, 3.8) is 0 Å². The minimum atomic E-state index is -0.856. The first kappa shape index (κ1) is 20.3. The maximum Gasteiger partial charge on any atom is 0.343 e. The first-order valence-electron chi connectivity index (χ1n) is 8.91. The van der Waals surface area contributed by atoms with Gasteiger partial charge in [0.1, 0.15) is 11.6 Å². The minimum Gasteiger partial charge on any atom is -0.481 e. The van der Waals surface area contributed by atoms with Gasteiger partial charge < -0.3 is 20.5 Å². The van der Waals surface area contributed by atoms with Gasteiger partial charge in [0.15, 0.2) is 5.13 Å². The molecule has 0 fully saturated rings. The number of aliphatic carboxylic acids is 1. The molecule has 2 aromatic carbocycles. The Morgan fingerprint density at radius 2 is 1.90 bits per heavy atom. The van der Waals surface area contributed by atoms with E-state index in [1.165, 1.54) is 11.3 Å². The molecule has 0 saturated heterocycles. The number of thiazole rings is 1. The van der Waals surface area contributed by atoms with Crippen molar-refractivity contribution in [1.82, 2.24) is 4.98 Å². The van der Waals surface area contributed by atoms with E-state index in [9.17, 15) is 9.59 Å². The molecule has 0 atom stereocenters. The number of rotatable bonds is 8. The van der Waals surface area contributed by atoms with Gasteiger partial charge in [0.05, 0.1) is 22.2 Å². The quantitative estimate of drug-likeness (QED) is 0.224. The summed E-state index contributed by atoms with van der Waals surface area (Å²) in [6, 6.07) is 11.5. The van der Waals surface area contributed by atoms with Crippen LogP contribution in [0.25, 0.3) is 10.2 Å². The molecule has 0 amide bonds. The molecule has 0 bridgehead atoms. The predicted molar refractivity (Wildman–Crippen MR) is 112 cm³/mol. The van der Waals surface area contributed by atoms with Crippen LogP contribution in [0.2, 0.25) is 0 Å². The second-order valence-electron chi connectivity index (χ2n) is 6.23. The highest BCUT2D eigenvalue weighted by Crippen LogP contribution is 2.30. The lowest BCUT2D eigenvalue weighted by atomic mass is 10.2. The maximum atomic E-state index is 12.5. The zero-order valence-corrected chi connectivity index (χ0v) is 16.5. The van der Waals surface area contributed by atoms with Crippen molar-refractivity contribution < 1.29 is 19.4 Å². The van der Waals surface area contributed by atoms with Crippen LogP contribution in [0.5, 0.6) is 5.75 Å². The Kier molecular flexibility index (Phi) is 6.08. The van der Waals surface area contributed by atoms with Crippen molar-refractivity contribution in [2.75, 3.05) is 18.0 Å². The molecule has 9 heteroatoms. The van der Waals surface area contributed by atoms with Gasteiger partial charge in [0.2, 0.25) is 0 Å². The molecule has 1 heterocycles. The van der Waals surface area contributed by atoms with Gasteiger partial charge in [-0.15, -0.1) is 0 Å².